The van der Waals surface area contributed by atoms with Crippen LogP contribution in [0.5, 0.6) is 0 Å². The van der Waals surface area contributed by atoms with Crippen LogP contribution in [0.25, 0.3) is 0 Å². The van der Waals surface area contributed by atoms with Crippen LogP contribution in [0.1, 0.15) is 54.2 Å². The van der Waals surface area contributed by atoms with Crippen LogP contribution in [-0.4, -0.2) is 46.3 Å². The number of urea groups is 1. The second kappa shape index (κ2) is 7.52. The largest absolute Gasteiger partial charge is 0.336 e. The highest BCUT2D eigenvalue weighted by molar-refractivity contribution is 6.08. The lowest BCUT2D eigenvalue weighted by Crippen LogP contribution is -2.49. The molecular formula is C25H29N3O3. The number of imide groups is 1. The molecule has 0 radical (unpaired) electrons. The van der Waals surface area contributed by atoms with E-state index in [4.69, 9.17) is 0 Å². The molecule has 162 valence electrons. The molecule has 6 nitrogen and oxygen atoms in total. The Morgan fingerprint density at radius 2 is 1.68 bits per heavy atom. The fraction of sp³-hybridized carbons (Fsp3) is 0.400. The molecule has 1 N–H and O–H groups in total. The third-order valence-electron chi connectivity index (χ3n) is 6.26. The van der Waals surface area contributed by atoms with Gasteiger partial charge in [0.05, 0.1) is 13.1 Å². The van der Waals surface area contributed by atoms with Crippen LogP contribution in [-0.2, 0) is 16.8 Å². The average Bonchev–Trinajstić information content (AvgIpc) is 3.25. The summed E-state index contributed by atoms with van der Waals surface area (Å²) in [5.41, 5.74) is 2.77. The second-order valence-corrected chi connectivity index (χ2v) is 9.69. The van der Waals surface area contributed by atoms with E-state index in [-0.39, 0.29) is 30.3 Å². The van der Waals surface area contributed by atoms with Crippen molar-refractivity contribution in [1.29, 1.82) is 0 Å². The number of nitrogens with zero attached hydrogens (tertiary/aromatic N) is 2. The van der Waals surface area contributed by atoms with E-state index in [0.717, 1.165) is 16.7 Å². The number of rotatable bonds is 3. The van der Waals surface area contributed by atoms with Crippen molar-refractivity contribution in [1.82, 2.24) is 15.1 Å². The Morgan fingerprint density at radius 3 is 2.29 bits per heavy atom. The molecule has 0 aromatic heterocycles. The molecule has 6 heteroatoms. The highest BCUT2D eigenvalue weighted by atomic mass is 16.2. The summed E-state index contributed by atoms with van der Waals surface area (Å²) < 4.78 is 0. The summed E-state index contributed by atoms with van der Waals surface area (Å²) in [7, 11) is 0. The van der Waals surface area contributed by atoms with Gasteiger partial charge in [0.15, 0.2) is 0 Å². The number of carbonyl (C=O) groups is 3. The average molecular weight is 420 g/mol. The molecule has 0 bridgehead atoms. The lowest BCUT2D eigenvalue weighted by atomic mass is 9.86. The summed E-state index contributed by atoms with van der Waals surface area (Å²) >= 11 is 0. The molecule has 2 aromatic carbocycles. The Balaban J connectivity index is 1.47. The van der Waals surface area contributed by atoms with Gasteiger partial charge in [0.1, 0.15) is 5.54 Å². The lowest BCUT2D eigenvalue weighted by Gasteiger charge is -2.23. The van der Waals surface area contributed by atoms with Gasteiger partial charge in [0.25, 0.3) is 11.8 Å². The normalized spacial score (nSPS) is 21.2. The summed E-state index contributed by atoms with van der Waals surface area (Å²) in [6.07, 6.45) is 0.424. The first kappa shape index (κ1) is 21.1. The molecule has 4 amide bonds. The van der Waals surface area contributed by atoms with Gasteiger partial charge >= 0.3 is 6.03 Å². The molecule has 1 atom stereocenters. The van der Waals surface area contributed by atoms with Gasteiger partial charge < -0.3 is 10.2 Å². The predicted octanol–water partition coefficient (Wildman–Crippen LogP) is 3.63. The van der Waals surface area contributed by atoms with Crippen molar-refractivity contribution in [3.8, 4) is 0 Å². The molecule has 0 saturated carbocycles. The van der Waals surface area contributed by atoms with Crippen molar-refractivity contribution in [2.24, 2.45) is 0 Å². The number of likely N-dealkylation sites (tertiary alicyclic amines) is 1. The van der Waals surface area contributed by atoms with Gasteiger partial charge in [-0.2, -0.15) is 0 Å². The summed E-state index contributed by atoms with van der Waals surface area (Å²) in [6.45, 7) is 9.24. The highest BCUT2D eigenvalue weighted by Crippen LogP contribution is 2.31. The fourth-order valence-corrected chi connectivity index (χ4v) is 4.25. The molecule has 2 aromatic rings. The summed E-state index contributed by atoms with van der Waals surface area (Å²) in [5.74, 6) is -0.368. The molecule has 2 saturated heterocycles. The Morgan fingerprint density at radius 1 is 1.03 bits per heavy atom. The van der Waals surface area contributed by atoms with Gasteiger partial charge in [0, 0.05) is 12.1 Å². The number of benzene rings is 2. The van der Waals surface area contributed by atoms with Gasteiger partial charge in [-0.3, -0.25) is 14.5 Å². The summed E-state index contributed by atoms with van der Waals surface area (Å²) in [4.78, 5) is 41.7. The zero-order valence-electron chi connectivity index (χ0n) is 18.6. The van der Waals surface area contributed by atoms with Crippen molar-refractivity contribution < 1.29 is 14.4 Å². The number of hydrogen-bond donors (Lipinski definition) is 1. The topological polar surface area (TPSA) is 69.7 Å². The monoisotopic (exact) mass is 419 g/mol. The Kier molecular flexibility index (Phi) is 5.12. The molecule has 0 aliphatic carbocycles. The van der Waals surface area contributed by atoms with E-state index in [0.29, 0.717) is 18.5 Å². The standard InChI is InChI=1S/C25H29N3O3/c1-17-5-7-18(8-6-17)15-28-22(30)25(26-23(28)31)13-14-27(16-25)21(29)19-9-11-20(12-10-19)24(2,3)4/h5-12H,13-16H2,1-4H3,(H,26,31)/t25-/m1/s1. The van der Waals surface area contributed by atoms with Crippen LogP contribution in [0, 0.1) is 6.92 Å². The molecule has 2 aliphatic heterocycles. The number of aryl methyl sites for hydroxylation is 1. The first-order chi connectivity index (χ1) is 14.6. The second-order valence-electron chi connectivity index (χ2n) is 9.69. The molecule has 2 fully saturated rings. The molecule has 1 spiro atoms. The maximum absolute atomic E-state index is 13.2. The number of nitrogens with one attached hydrogen (secondary N) is 1. The first-order valence-electron chi connectivity index (χ1n) is 10.7. The van der Waals surface area contributed by atoms with Crippen LogP contribution < -0.4 is 5.32 Å². The molecule has 2 heterocycles. The van der Waals surface area contributed by atoms with Crippen LogP contribution in [0.2, 0.25) is 0 Å². The zero-order chi connectivity index (χ0) is 22.4. The number of carbonyl (C=O) groups excluding carboxylic acids is 3. The van der Waals surface area contributed by atoms with Crippen molar-refractivity contribution in [2.45, 2.75) is 51.6 Å². The molecular weight excluding hydrogens is 390 g/mol. The van der Waals surface area contributed by atoms with Crippen LogP contribution in [0.4, 0.5) is 4.79 Å². The van der Waals surface area contributed by atoms with Crippen molar-refractivity contribution >= 4 is 17.8 Å². The van der Waals surface area contributed by atoms with Crippen LogP contribution in [0.15, 0.2) is 48.5 Å². The summed E-state index contributed by atoms with van der Waals surface area (Å²) in [6, 6.07) is 15.0. The van der Waals surface area contributed by atoms with Gasteiger partial charge in [-0.05, 0) is 42.0 Å². The van der Waals surface area contributed by atoms with E-state index in [9.17, 15) is 14.4 Å². The van der Waals surface area contributed by atoms with E-state index in [1.54, 1.807) is 4.90 Å². The van der Waals surface area contributed by atoms with Crippen LogP contribution >= 0.6 is 0 Å². The van der Waals surface area contributed by atoms with E-state index in [1.165, 1.54) is 4.90 Å². The zero-order valence-corrected chi connectivity index (χ0v) is 18.6. The van der Waals surface area contributed by atoms with E-state index in [2.05, 4.69) is 26.1 Å². The Hall–Kier alpha value is -3.15. The van der Waals surface area contributed by atoms with Gasteiger partial charge in [0.2, 0.25) is 0 Å². The minimum Gasteiger partial charge on any atom is -0.336 e. The quantitative estimate of drug-likeness (QED) is 0.773. The van der Waals surface area contributed by atoms with Gasteiger partial charge in [-0.15, -0.1) is 0 Å². The summed E-state index contributed by atoms with van der Waals surface area (Å²) in [5, 5.41) is 2.87. The van der Waals surface area contributed by atoms with E-state index in [1.807, 2.05) is 55.5 Å². The molecule has 31 heavy (non-hydrogen) atoms. The minimum absolute atomic E-state index is 0.0146. The molecule has 0 unspecified atom stereocenters. The van der Waals surface area contributed by atoms with Gasteiger partial charge in [-0.25, -0.2) is 4.79 Å². The highest BCUT2D eigenvalue weighted by Gasteiger charge is 2.55. The SMILES string of the molecule is Cc1ccc(CN2C(=O)N[C@@]3(CCN(C(=O)c4ccc(C(C)(C)C)cc4)C3)C2=O)cc1. The molecule has 4 rings (SSSR count). The Bertz CT molecular complexity index is 1020. The third-order valence-corrected chi connectivity index (χ3v) is 6.26. The maximum Gasteiger partial charge on any atom is 0.325 e. The third kappa shape index (κ3) is 3.94. The van der Waals surface area contributed by atoms with Crippen molar-refractivity contribution in [3.05, 3.63) is 70.8 Å². The van der Waals surface area contributed by atoms with Gasteiger partial charge in [-0.1, -0.05) is 62.7 Å². The predicted molar refractivity (Wildman–Crippen MR) is 119 cm³/mol. The van der Waals surface area contributed by atoms with Crippen molar-refractivity contribution in [2.75, 3.05) is 13.1 Å². The maximum atomic E-state index is 13.2. The van der Waals surface area contributed by atoms with Crippen molar-refractivity contribution in [3.63, 3.8) is 0 Å². The number of hydrogen-bond acceptors (Lipinski definition) is 3. The Labute approximate surface area is 183 Å². The van der Waals surface area contributed by atoms with E-state index < -0.39 is 11.6 Å². The first-order valence-corrected chi connectivity index (χ1v) is 10.7. The molecule has 2 aliphatic rings. The number of amides is 4. The lowest BCUT2D eigenvalue weighted by molar-refractivity contribution is -0.131. The van der Waals surface area contributed by atoms with E-state index >= 15 is 0 Å². The fourth-order valence-electron chi connectivity index (χ4n) is 4.25. The smallest absolute Gasteiger partial charge is 0.325 e. The van der Waals surface area contributed by atoms with Crippen LogP contribution in [0.3, 0.4) is 0 Å². The minimum atomic E-state index is -1.03.